The summed E-state index contributed by atoms with van der Waals surface area (Å²) in [5.74, 6) is -1.63. The molecule has 1 aliphatic heterocycles. The Bertz CT molecular complexity index is 1180. The first-order chi connectivity index (χ1) is 14.4. The van der Waals surface area contributed by atoms with Crippen LogP contribution < -0.4 is 5.76 Å². The largest absolute Gasteiger partial charge is 0.420 e. The monoisotopic (exact) mass is 431 g/mol. The number of aromatic nitrogens is 1. The Hall–Kier alpha value is -3.13. The van der Waals surface area contributed by atoms with Gasteiger partial charge >= 0.3 is 5.76 Å². The van der Waals surface area contributed by atoms with Crippen LogP contribution in [0.1, 0.15) is 23.3 Å². The number of para-hydroxylation sites is 2. The number of oxazole rings is 1. The second kappa shape index (κ2) is 7.95. The molecule has 3 aromatic rings. The molecule has 0 radical (unpaired) electrons. The summed E-state index contributed by atoms with van der Waals surface area (Å²) in [4.78, 5) is 41.1. The summed E-state index contributed by atoms with van der Waals surface area (Å²) >= 11 is 5.99. The SMILES string of the molecule is CC(C(=O)N1CCN(C(=O)c2ccc(F)cc2Cl)CC1)n1c(=O)oc2ccccc21. The minimum Gasteiger partial charge on any atom is -0.408 e. The van der Waals surface area contributed by atoms with Crippen LogP contribution in [-0.4, -0.2) is 52.4 Å². The number of carbonyl (C=O) groups is 2. The summed E-state index contributed by atoms with van der Waals surface area (Å²) in [5.41, 5.74) is 1.21. The highest BCUT2D eigenvalue weighted by Crippen LogP contribution is 2.22. The van der Waals surface area contributed by atoms with Gasteiger partial charge < -0.3 is 14.2 Å². The number of hydrogen-bond acceptors (Lipinski definition) is 4. The Balaban J connectivity index is 1.46. The fraction of sp³-hybridized carbons (Fsp3) is 0.286. The quantitative estimate of drug-likeness (QED) is 0.639. The molecule has 0 spiro atoms. The molecule has 0 N–H and O–H groups in total. The normalized spacial score (nSPS) is 15.4. The molecule has 0 saturated carbocycles. The van der Waals surface area contributed by atoms with Gasteiger partial charge in [0.2, 0.25) is 5.91 Å². The first-order valence-electron chi connectivity index (χ1n) is 9.50. The molecule has 1 unspecified atom stereocenters. The number of nitrogens with zero attached hydrogens (tertiary/aromatic N) is 3. The first-order valence-corrected chi connectivity index (χ1v) is 9.88. The standard InChI is InChI=1S/C21H19ClFN3O4/c1-13(26-17-4-2-3-5-18(17)30-21(26)29)19(27)24-8-10-25(11-9-24)20(28)15-7-6-14(23)12-16(15)22/h2-7,12-13H,8-11H2,1H3. The van der Waals surface area contributed by atoms with Crippen molar-refractivity contribution in [3.8, 4) is 0 Å². The topological polar surface area (TPSA) is 75.8 Å². The van der Waals surface area contributed by atoms with Gasteiger partial charge in [-0.1, -0.05) is 23.7 Å². The molecule has 1 aromatic heterocycles. The molecule has 1 fully saturated rings. The molecule has 1 aliphatic rings. The van der Waals surface area contributed by atoms with Gasteiger partial charge in [0.05, 0.1) is 16.1 Å². The van der Waals surface area contributed by atoms with E-state index in [0.29, 0.717) is 37.3 Å². The molecule has 2 heterocycles. The number of benzene rings is 2. The molecular formula is C21H19ClFN3O4. The highest BCUT2D eigenvalue weighted by Gasteiger charge is 2.30. The van der Waals surface area contributed by atoms with Gasteiger partial charge in [-0.3, -0.25) is 14.2 Å². The number of amides is 2. The molecule has 30 heavy (non-hydrogen) atoms. The predicted molar refractivity (Wildman–Crippen MR) is 109 cm³/mol. The minimum absolute atomic E-state index is 0.0540. The third-order valence-electron chi connectivity index (χ3n) is 5.30. The number of hydrogen-bond donors (Lipinski definition) is 0. The van der Waals surface area contributed by atoms with E-state index in [-0.39, 0.29) is 22.4 Å². The number of fused-ring (bicyclic) bond motifs is 1. The van der Waals surface area contributed by atoms with Gasteiger partial charge in [-0.25, -0.2) is 9.18 Å². The van der Waals surface area contributed by atoms with Crippen molar-refractivity contribution in [3.63, 3.8) is 0 Å². The first kappa shape index (κ1) is 20.2. The van der Waals surface area contributed by atoms with Gasteiger partial charge in [-0.2, -0.15) is 0 Å². The van der Waals surface area contributed by atoms with Gasteiger partial charge in [-0.05, 0) is 37.3 Å². The van der Waals surface area contributed by atoms with Crippen LogP contribution in [0.5, 0.6) is 0 Å². The second-order valence-electron chi connectivity index (χ2n) is 7.12. The van der Waals surface area contributed by atoms with Crippen LogP contribution in [0.2, 0.25) is 5.02 Å². The van der Waals surface area contributed by atoms with Crippen LogP contribution in [0.15, 0.2) is 51.7 Å². The fourth-order valence-corrected chi connectivity index (χ4v) is 3.94. The third kappa shape index (κ3) is 3.59. The van der Waals surface area contributed by atoms with Crippen molar-refractivity contribution in [2.75, 3.05) is 26.2 Å². The van der Waals surface area contributed by atoms with Crippen LogP contribution in [0.3, 0.4) is 0 Å². The van der Waals surface area contributed by atoms with Gasteiger partial charge in [0.1, 0.15) is 11.9 Å². The molecular weight excluding hydrogens is 413 g/mol. The zero-order valence-electron chi connectivity index (χ0n) is 16.2. The van der Waals surface area contributed by atoms with Crippen LogP contribution >= 0.6 is 11.6 Å². The van der Waals surface area contributed by atoms with Crippen molar-refractivity contribution in [3.05, 3.63) is 69.4 Å². The molecule has 0 bridgehead atoms. The molecule has 1 saturated heterocycles. The lowest BCUT2D eigenvalue weighted by atomic mass is 10.1. The highest BCUT2D eigenvalue weighted by molar-refractivity contribution is 6.33. The Labute approximate surface area is 176 Å². The summed E-state index contributed by atoms with van der Waals surface area (Å²) in [6.07, 6.45) is 0. The van der Waals surface area contributed by atoms with E-state index in [1.807, 2.05) is 0 Å². The van der Waals surface area contributed by atoms with Crippen molar-refractivity contribution >= 4 is 34.5 Å². The summed E-state index contributed by atoms with van der Waals surface area (Å²) < 4.78 is 19.8. The van der Waals surface area contributed by atoms with Crippen LogP contribution in [0, 0.1) is 5.82 Å². The van der Waals surface area contributed by atoms with Crippen molar-refractivity contribution < 1.29 is 18.4 Å². The summed E-state index contributed by atoms with van der Waals surface area (Å²) in [7, 11) is 0. The van der Waals surface area contributed by atoms with Gasteiger partial charge in [-0.15, -0.1) is 0 Å². The maximum Gasteiger partial charge on any atom is 0.420 e. The maximum absolute atomic E-state index is 13.2. The molecule has 2 amide bonds. The van der Waals surface area contributed by atoms with E-state index >= 15 is 0 Å². The fourth-order valence-electron chi connectivity index (χ4n) is 3.69. The number of halogens is 2. The lowest BCUT2D eigenvalue weighted by Gasteiger charge is -2.36. The Morgan fingerprint density at radius 1 is 1.07 bits per heavy atom. The van der Waals surface area contributed by atoms with E-state index in [4.69, 9.17) is 16.0 Å². The highest BCUT2D eigenvalue weighted by atomic mass is 35.5. The van der Waals surface area contributed by atoms with Crippen LogP contribution in [-0.2, 0) is 4.79 Å². The van der Waals surface area contributed by atoms with E-state index < -0.39 is 17.6 Å². The van der Waals surface area contributed by atoms with E-state index in [9.17, 15) is 18.8 Å². The Morgan fingerprint density at radius 3 is 2.43 bits per heavy atom. The molecule has 0 aliphatic carbocycles. The minimum atomic E-state index is -0.741. The summed E-state index contributed by atoms with van der Waals surface area (Å²) in [5, 5.41) is 0.0540. The molecule has 1 atom stereocenters. The van der Waals surface area contributed by atoms with Crippen LogP contribution in [0.4, 0.5) is 4.39 Å². The average Bonchev–Trinajstić information content (AvgIpc) is 3.08. The van der Waals surface area contributed by atoms with Gasteiger partial charge in [0.15, 0.2) is 5.58 Å². The van der Waals surface area contributed by atoms with E-state index in [1.165, 1.54) is 16.7 Å². The van der Waals surface area contributed by atoms with Crippen LogP contribution in [0.25, 0.3) is 11.1 Å². The lowest BCUT2D eigenvalue weighted by molar-refractivity contribution is -0.135. The smallest absolute Gasteiger partial charge is 0.408 e. The molecule has 4 rings (SSSR count). The Kier molecular flexibility index (Phi) is 5.34. The van der Waals surface area contributed by atoms with Gasteiger partial charge in [0.25, 0.3) is 5.91 Å². The number of carbonyl (C=O) groups excluding carboxylic acids is 2. The third-order valence-corrected chi connectivity index (χ3v) is 5.62. The average molecular weight is 432 g/mol. The second-order valence-corrected chi connectivity index (χ2v) is 7.53. The number of piperazine rings is 1. The molecule has 7 nitrogen and oxygen atoms in total. The van der Waals surface area contributed by atoms with Crippen molar-refractivity contribution in [1.29, 1.82) is 0 Å². The molecule has 9 heteroatoms. The zero-order chi connectivity index (χ0) is 21.4. The van der Waals surface area contributed by atoms with Crippen molar-refractivity contribution in [2.24, 2.45) is 0 Å². The summed E-state index contributed by atoms with van der Waals surface area (Å²) in [6.45, 7) is 2.91. The Morgan fingerprint density at radius 2 is 1.73 bits per heavy atom. The lowest BCUT2D eigenvalue weighted by Crippen LogP contribution is -2.52. The number of rotatable bonds is 3. The predicted octanol–water partition coefficient (Wildman–Crippen LogP) is 2.93. The molecule has 2 aromatic carbocycles. The van der Waals surface area contributed by atoms with Crippen molar-refractivity contribution in [1.82, 2.24) is 14.4 Å². The van der Waals surface area contributed by atoms with E-state index in [1.54, 1.807) is 41.0 Å². The maximum atomic E-state index is 13.2. The molecule has 156 valence electrons. The van der Waals surface area contributed by atoms with E-state index in [0.717, 1.165) is 6.07 Å². The van der Waals surface area contributed by atoms with Gasteiger partial charge in [0, 0.05) is 26.2 Å². The summed E-state index contributed by atoms with van der Waals surface area (Å²) in [6, 6.07) is 9.84. The van der Waals surface area contributed by atoms with Crippen molar-refractivity contribution in [2.45, 2.75) is 13.0 Å². The zero-order valence-corrected chi connectivity index (χ0v) is 16.9. The van der Waals surface area contributed by atoms with E-state index in [2.05, 4.69) is 0 Å².